The molecule has 0 fully saturated rings. The van der Waals surface area contributed by atoms with Gasteiger partial charge in [-0.3, -0.25) is 4.79 Å². The molecule has 0 aliphatic carbocycles. The molecule has 116 valence electrons. The Morgan fingerprint density at radius 2 is 2.14 bits per heavy atom. The van der Waals surface area contributed by atoms with E-state index in [9.17, 15) is 13.6 Å². The van der Waals surface area contributed by atoms with Gasteiger partial charge >= 0.3 is 6.43 Å². The Morgan fingerprint density at radius 1 is 1.41 bits per heavy atom. The lowest BCUT2D eigenvalue weighted by molar-refractivity contribution is -0.132. The van der Waals surface area contributed by atoms with Crippen LogP contribution in [0.2, 0.25) is 0 Å². The van der Waals surface area contributed by atoms with Crippen molar-refractivity contribution in [2.75, 3.05) is 0 Å². The molecule has 0 aliphatic heterocycles. The topological polar surface area (TPSA) is 85.3 Å². The summed E-state index contributed by atoms with van der Waals surface area (Å²) in [7, 11) is 0. The van der Waals surface area contributed by atoms with Crippen LogP contribution in [0.4, 0.5) is 8.78 Å². The average Bonchev–Trinajstić information content (AvgIpc) is 3.00. The molecule has 3 rings (SSSR count). The zero-order chi connectivity index (χ0) is 16.0. The molecular formula is C13H13F2N5O2. The van der Waals surface area contributed by atoms with Crippen molar-refractivity contribution in [3.05, 3.63) is 23.5 Å². The number of furan rings is 1. The molecule has 22 heavy (non-hydrogen) atoms. The number of hydrogen-bond acceptors (Lipinski definition) is 5. The highest BCUT2D eigenvalue weighted by atomic mass is 19.3. The van der Waals surface area contributed by atoms with Gasteiger partial charge in [0.1, 0.15) is 12.1 Å². The number of aromatic nitrogens is 4. The van der Waals surface area contributed by atoms with Crippen molar-refractivity contribution in [3.63, 3.8) is 0 Å². The summed E-state index contributed by atoms with van der Waals surface area (Å²) >= 11 is 0. The molecule has 0 bridgehead atoms. The quantitative estimate of drug-likeness (QED) is 0.799. The van der Waals surface area contributed by atoms with Crippen molar-refractivity contribution in [2.24, 2.45) is 0 Å². The molecule has 1 N–H and O–H groups in total. The largest absolute Gasteiger partial charge is 0.443 e. The van der Waals surface area contributed by atoms with Crippen molar-refractivity contribution >= 4 is 22.7 Å². The second kappa shape index (κ2) is 5.00. The van der Waals surface area contributed by atoms with Gasteiger partial charge in [-0.15, -0.1) is 5.10 Å². The third-order valence-electron chi connectivity index (χ3n) is 3.47. The highest BCUT2D eigenvalue weighted by molar-refractivity contribution is 5.91. The molecule has 1 amide bonds. The molecule has 0 aromatic carbocycles. The standard InChI is InChI=1S/C13H13F2N5O2/c1-5-7(3)22-13-8(5)11-18-10(19-20(11)4-16-13)6(2)17-12(21)9(14)15/h4,6,9H,1-3H3,(H,17,21). The van der Waals surface area contributed by atoms with Crippen LogP contribution in [0.3, 0.4) is 0 Å². The van der Waals surface area contributed by atoms with Gasteiger partial charge in [-0.1, -0.05) is 0 Å². The predicted molar refractivity (Wildman–Crippen MR) is 72.6 cm³/mol. The van der Waals surface area contributed by atoms with E-state index in [0.29, 0.717) is 16.7 Å². The van der Waals surface area contributed by atoms with E-state index in [1.165, 1.54) is 17.8 Å². The first-order valence-corrected chi connectivity index (χ1v) is 6.58. The van der Waals surface area contributed by atoms with E-state index in [1.807, 2.05) is 13.8 Å². The Kier molecular flexibility index (Phi) is 3.27. The fourth-order valence-electron chi connectivity index (χ4n) is 2.19. The summed E-state index contributed by atoms with van der Waals surface area (Å²) in [5, 5.41) is 7.03. The Balaban J connectivity index is 2.06. The molecule has 1 unspecified atom stereocenters. The van der Waals surface area contributed by atoms with Gasteiger partial charge < -0.3 is 9.73 Å². The van der Waals surface area contributed by atoms with Crippen LogP contribution in [-0.4, -0.2) is 31.9 Å². The molecule has 0 saturated carbocycles. The van der Waals surface area contributed by atoms with E-state index in [1.54, 1.807) is 0 Å². The van der Waals surface area contributed by atoms with Gasteiger partial charge in [0.2, 0.25) is 5.71 Å². The van der Waals surface area contributed by atoms with Crippen LogP contribution in [0.25, 0.3) is 16.7 Å². The molecule has 0 aliphatic rings. The number of rotatable bonds is 3. The summed E-state index contributed by atoms with van der Waals surface area (Å²) in [6, 6.07) is -0.746. The molecular weight excluding hydrogens is 296 g/mol. The molecule has 3 heterocycles. The van der Waals surface area contributed by atoms with E-state index >= 15 is 0 Å². The van der Waals surface area contributed by atoms with Crippen molar-refractivity contribution in [2.45, 2.75) is 33.2 Å². The first-order chi connectivity index (χ1) is 10.4. The third-order valence-corrected chi connectivity index (χ3v) is 3.47. The van der Waals surface area contributed by atoms with E-state index in [2.05, 4.69) is 20.4 Å². The smallest absolute Gasteiger partial charge is 0.315 e. The van der Waals surface area contributed by atoms with Gasteiger partial charge in [0.05, 0.1) is 11.4 Å². The normalized spacial score (nSPS) is 13.2. The summed E-state index contributed by atoms with van der Waals surface area (Å²) in [5.41, 5.74) is 1.83. The zero-order valence-corrected chi connectivity index (χ0v) is 12.1. The van der Waals surface area contributed by atoms with E-state index < -0.39 is 18.4 Å². The molecule has 3 aromatic heterocycles. The number of hydrogen-bond donors (Lipinski definition) is 1. The summed E-state index contributed by atoms with van der Waals surface area (Å²) in [6.07, 6.45) is -1.65. The lowest BCUT2D eigenvalue weighted by Crippen LogP contribution is -2.32. The van der Waals surface area contributed by atoms with Crippen LogP contribution in [0.1, 0.15) is 30.1 Å². The van der Waals surface area contributed by atoms with Crippen LogP contribution in [0.15, 0.2) is 10.7 Å². The number of carbonyl (C=O) groups excluding carboxylic acids is 1. The average molecular weight is 309 g/mol. The third kappa shape index (κ3) is 2.18. The van der Waals surface area contributed by atoms with Crippen molar-refractivity contribution in [1.29, 1.82) is 0 Å². The van der Waals surface area contributed by atoms with Gasteiger partial charge in [0.15, 0.2) is 11.5 Å². The van der Waals surface area contributed by atoms with Crippen molar-refractivity contribution < 1.29 is 18.0 Å². The van der Waals surface area contributed by atoms with Gasteiger partial charge in [-0.25, -0.2) is 14.5 Å². The van der Waals surface area contributed by atoms with E-state index in [-0.39, 0.29) is 5.82 Å². The van der Waals surface area contributed by atoms with Crippen molar-refractivity contribution in [3.8, 4) is 0 Å². The number of fused-ring (bicyclic) bond motifs is 3. The molecule has 3 aromatic rings. The molecule has 0 radical (unpaired) electrons. The molecule has 1 atom stereocenters. The summed E-state index contributed by atoms with van der Waals surface area (Å²) < 4.78 is 31.5. The second-order valence-corrected chi connectivity index (χ2v) is 4.98. The Hall–Kier alpha value is -2.58. The molecule has 7 nitrogen and oxygen atoms in total. The predicted octanol–water partition coefficient (Wildman–Crippen LogP) is 1.93. The van der Waals surface area contributed by atoms with Gasteiger partial charge in [0.25, 0.3) is 5.91 Å². The lowest BCUT2D eigenvalue weighted by atomic mass is 10.2. The van der Waals surface area contributed by atoms with Crippen LogP contribution in [0, 0.1) is 13.8 Å². The van der Waals surface area contributed by atoms with Gasteiger partial charge in [-0.05, 0) is 20.8 Å². The maximum absolute atomic E-state index is 12.3. The Bertz CT molecular complexity index is 870. The lowest BCUT2D eigenvalue weighted by Gasteiger charge is -2.09. The Morgan fingerprint density at radius 3 is 2.82 bits per heavy atom. The van der Waals surface area contributed by atoms with Crippen LogP contribution in [-0.2, 0) is 4.79 Å². The zero-order valence-electron chi connectivity index (χ0n) is 12.1. The van der Waals surface area contributed by atoms with Gasteiger partial charge in [0, 0.05) is 5.56 Å². The van der Waals surface area contributed by atoms with Crippen LogP contribution in [0.5, 0.6) is 0 Å². The fraction of sp³-hybridized carbons (Fsp3) is 0.385. The van der Waals surface area contributed by atoms with Crippen LogP contribution < -0.4 is 5.32 Å². The number of carbonyl (C=O) groups is 1. The molecule has 9 heteroatoms. The first kappa shape index (κ1) is 14.4. The van der Waals surface area contributed by atoms with E-state index in [0.717, 1.165) is 11.3 Å². The fourth-order valence-corrected chi connectivity index (χ4v) is 2.19. The summed E-state index contributed by atoms with van der Waals surface area (Å²) in [5.74, 6) is -0.411. The number of alkyl halides is 2. The number of nitrogens with one attached hydrogen (secondary N) is 1. The highest BCUT2D eigenvalue weighted by Gasteiger charge is 2.22. The monoisotopic (exact) mass is 309 g/mol. The first-order valence-electron chi connectivity index (χ1n) is 6.58. The summed E-state index contributed by atoms with van der Waals surface area (Å²) in [4.78, 5) is 19.5. The minimum absolute atomic E-state index is 0.224. The second-order valence-electron chi connectivity index (χ2n) is 4.98. The maximum atomic E-state index is 12.3. The van der Waals surface area contributed by atoms with Crippen LogP contribution >= 0.6 is 0 Å². The summed E-state index contributed by atoms with van der Waals surface area (Å²) in [6.45, 7) is 5.22. The van der Waals surface area contributed by atoms with E-state index in [4.69, 9.17) is 4.42 Å². The highest BCUT2D eigenvalue weighted by Crippen LogP contribution is 2.26. The molecule has 0 spiro atoms. The maximum Gasteiger partial charge on any atom is 0.315 e. The number of nitrogens with zero attached hydrogens (tertiary/aromatic N) is 4. The Labute approximate surface area is 123 Å². The van der Waals surface area contributed by atoms with Gasteiger partial charge in [-0.2, -0.15) is 8.78 Å². The number of halogens is 2. The minimum Gasteiger partial charge on any atom is -0.443 e. The number of amides is 1. The number of aryl methyl sites for hydroxylation is 2. The van der Waals surface area contributed by atoms with Crippen molar-refractivity contribution in [1.82, 2.24) is 24.9 Å². The minimum atomic E-state index is -3.08. The molecule has 0 saturated heterocycles. The SMILES string of the molecule is Cc1oc2ncn3nc(C(C)NC(=O)C(F)F)nc3c2c1C.